The van der Waals surface area contributed by atoms with E-state index in [1.54, 1.807) is 6.07 Å². The maximum absolute atomic E-state index is 12.0. The molecule has 94 valence electrons. The third kappa shape index (κ3) is 3.62. The Hall–Kier alpha value is -0.730. The molecule has 0 aliphatic rings. The van der Waals surface area contributed by atoms with Gasteiger partial charge < -0.3 is 5.32 Å². The Morgan fingerprint density at radius 1 is 1.41 bits per heavy atom. The maximum atomic E-state index is 12.0. The standard InChI is InChI=1S/C13H17Cl2NO/c1-8(2)11(7-14)16-13(17)10-6-4-5-9(3)12(10)15/h4-6,8,11H,7H2,1-3H3,(H,16,17). The Morgan fingerprint density at radius 3 is 2.59 bits per heavy atom. The van der Waals surface area contributed by atoms with Crippen molar-refractivity contribution in [2.45, 2.75) is 26.8 Å². The first-order valence-corrected chi connectivity index (χ1v) is 6.50. The highest BCUT2D eigenvalue weighted by atomic mass is 35.5. The molecule has 1 aromatic rings. The van der Waals surface area contributed by atoms with Crippen LogP contribution in [0.15, 0.2) is 18.2 Å². The largest absolute Gasteiger partial charge is 0.348 e. The molecule has 0 fully saturated rings. The van der Waals surface area contributed by atoms with Crippen LogP contribution in [-0.4, -0.2) is 17.8 Å². The molecule has 0 spiro atoms. The number of alkyl halides is 1. The van der Waals surface area contributed by atoms with Crippen LogP contribution in [-0.2, 0) is 0 Å². The Labute approximate surface area is 112 Å². The summed E-state index contributed by atoms with van der Waals surface area (Å²) in [5.41, 5.74) is 1.40. The third-order valence-corrected chi connectivity index (χ3v) is 3.56. The minimum absolute atomic E-state index is 0.0410. The zero-order valence-corrected chi connectivity index (χ0v) is 11.8. The first kappa shape index (κ1) is 14.3. The molecule has 0 saturated heterocycles. The van der Waals surface area contributed by atoms with Crippen LogP contribution in [0.2, 0.25) is 5.02 Å². The molecule has 0 saturated carbocycles. The van der Waals surface area contributed by atoms with E-state index in [0.29, 0.717) is 22.4 Å². The van der Waals surface area contributed by atoms with Gasteiger partial charge in [-0.15, -0.1) is 11.6 Å². The Kier molecular flexibility index (Phi) is 5.29. The average Bonchev–Trinajstić information content (AvgIpc) is 2.28. The molecule has 1 amide bonds. The van der Waals surface area contributed by atoms with Crippen molar-refractivity contribution in [3.63, 3.8) is 0 Å². The second-order valence-corrected chi connectivity index (χ2v) is 5.10. The van der Waals surface area contributed by atoms with Gasteiger partial charge in [0.25, 0.3) is 5.91 Å². The molecule has 1 unspecified atom stereocenters. The fraction of sp³-hybridized carbons (Fsp3) is 0.462. The lowest BCUT2D eigenvalue weighted by atomic mass is 10.1. The highest BCUT2D eigenvalue weighted by molar-refractivity contribution is 6.34. The zero-order valence-electron chi connectivity index (χ0n) is 10.3. The molecule has 4 heteroatoms. The number of aryl methyl sites for hydroxylation is 1. The summed E-state index contributed by atoms with van der Waals surface area (Å²) in [5, 5.41) is 3.40. The maximum Gasteiger partial charge on any atom is 0.253 e. The predicted octanol–water partition coefficient (Wildman–Crippen LogP) is 3.64. The van der Waals surface area contributed by atoms with E-state index in [9.17, 15) is 4.79 Å². The molecule has 17 heavy (non-hydrogen) atoms. The second kappa shape index (κ2) is 6.27. The quantitative estimate of drug-likeness (QED) is 0.834. The Morgan fingerprint density at radius 2 is 2.06 bits per heavy atom. The molecule has 0 aliphatic carbocycles. The summed E-state index contributed by atoms with van der Waals surface area (Å²) in [4.78, 5) is 12.0. The number of carbonyl (C=O) groups excluding carboxylic acids is 1. The summed E-state index contributed by atoms with van der Waals surface area (Å²) < 4.78 is 0. The van der Waals surface area contributed by atoms with Crippen molar-refractivity contribution in [2.24, 2.45) is 5.92 Å². The Balaban J connectivity index is 2.86. The highest BCUT2D eigenvalue weighted by Crippen LogP contribution is 2.20. The van der Waals surface area contributed by atoms with Gasteiger partial charge in [0.05, 0.1) is 10.6 Å². The first-order chi connectivity index (χ1) is 7.97. The molecule has 0 heterocycles. The van der Waals surface area contributed by atoms with Crippen LogP contribution in [0.5, 0.6) is 0 Å². The number of rotatable bonds is 4. The van der Waals surface area contributed by atoms with Gasteiger partial charge in [0.1, 0.15) is 0 Å². The monoisotopic (exact) mass is 273 g/mol. The number of hydrogen-bond donors (Lipinski definition) is 1. The highest BCUT2D eigenvalue weighted by Gasteiger charge is 2.18. The zero-order chi connectivity index (χ0) is 13.0. The fourth-order valence-corrected chi connectivity index (χ4v) is 2.10. The van der Waals surface area contributed by atoms with E-state index in [4.69, 9.17) is 23.2 Å². The molecule has 0 aromatic heterocycles. The van der Waals surface area contributed by atoms with Gasteiger partial charge in [0.15, 0.2) is 0 Å². The van der Waals surface area contributed by atoms with Gasteiger partial charge >= 0.3 is 0 Å². The van der Waals surface area contributed by atoms with Gasteiger partial charge in [0.2, 0.25) is 0 Å². The number of nitrogens with one attached hydrogen (secondary N) is 1. The molecule has 0 bridgehead atoms. The predicted molar refractivity (Wildman–Crippen MR) is 73.0 cm³/mol. The third-order valence-electron chi connectivity index (χ3n) is 2.72. The molecule has 0 radical (unpaired) electrons. The second-order valence-electron chi connectivity index (χ2n) is 4.41. The molecule has 1 aromatic carbocycles. The van der Waals surface area contributed by atoms with Crippen LogP contribution in [0.1, 0.15) is 29.8 Å². The van der Waals surface area contributed by atoms with Crippen LogP contribution in [0.25, 0.3) is 0 Å². The van der Waals surface area contributed by atoms with E-state index in [0.717, 1.165) is 5.56 Å². The van der Waals surface area contributed by atoms with Gasteiger partial charge in [-0.05, 0) is 24.5 Å². The number of benzene rings is 1. The molecule has 1 rings (SSSR count). The van der Waals surface area contributed by atoms with E-state index in [-0.39, 0.29) is 11.9 Å². The van der Waals surface area contributed by atoms with Crippen molar-refractivity contribution in [2.75, 3.05) is 5.88 Å². The van der Waals surface area contributed by atoms with Crippen LogP contribution in [0, 0.1) is 12.8 Å². The summed E-state index contributed by atoms with van der Waals surface area (Å²) in [7, 11) is 0. The van der Waals surface area contributed by atoms with E-state index < -0.39 is 0 Å². The normalized spacial score (nSPS) is 12.6. The summed E-state index contributed by atoms with van der Waals surface area (Å²) in [5.74, 6) is 0.519. The summed E-state index contributed by atoms with van der Waals surface area (Å²) >= 11 is 11.9. The molecule has 1 N–H and O–H groups in total. The summed E-state index contributed by atoms with van der Waals surface area (Å²) in [6.07, 6.45) is 0. The van der Waals surface area contributed by atoms with Crippen LogP contribution < -0.4 is 5.32 Å². The smallest absolute Gasteiger partial charge is 0.253 e. The van der Waals surface area contributed by atoms with Crippen molar-refractivity contribution < 1.29 is 4.79 Å². The van der Waals surface area contributed by atoms with E-state index in [1.165, 1.54) is 0 Å². The van der Waals surface area contributed by atoms with Gasteiger partial charge in [0, 0.05) is 11.9 Å². The van der Waals surface area contributed by atoms with Gasteiger partial charge in [-0.1, -0.05) is 37.6 Å². The lowest BCUT2D eigenvalue weighted by molar-refractivity contribution is 0.0931. The number of carbonyl (C=O) groups is 1. The SMILES string of the molecule is Cc1cccc(C(=O)NC(CCl)C(C)C)c1Cl. The number of hydrogen-bond acceptors (Lipinski definition) is 1. The number of halogens is 2. The fourth-order valence-electron chi connectivity index (χ4n) is 1.45. The van der Waals surface area contributed by atoms with Gasteiger partial charge in [-0.3, -0.25) is 4.79 Å². The lowest BCUT2D eigenvalue weighted by Gasteiger charge is -2.20. The van der Waals surface area contributed by atoms with Crippen molar-refractivity contribution in [3.05, 3.63) is 34.3 Å². The minimum atomic E-state index is -0.168. The minimum Gasteiger partial charge on any atom is -0.348 e. The lowest BCUT2D eigenvalue weighted by Crippen LogP contribution is -2.40. The van der Waals surface area contributed by atoms with E-state index in [1.807, 2.05) is 32.9 Å². The average molecular weight is 274 g/mol. The van der Waals surface area contributed by atoms with E-state index in [2.05, 4.69) is 5.32 Å². The van der Waals surface area contributed by atoms with Crippen molar-refractivity contribution in [1.29, 1.82) is 0 Å². The summed E-state index contributed by atoms with van der Waals surface area (Å²) in [6.45, 7) is 5.91. The summed E-state index contributed by atoms with van der Waals surface area (Å²) in [6, 6.07) is 5.37. The Bertz CT molecular complexity index is 404. The number of amides is 1. The molecular weight excluding hydrogens is 257 g/mol. The van der Waals surface area contributed by atoms with Crippen molar-refractivity contribution in [3.8, 4) is 0 Å². The molecular formula is C13H17Cl2NO. The van der Waals surface area contributed by atoms with Crippen molar-refractivity contribution >= 4 is 29.1 Å². The van der Waals surface area contributed by atoms with Gasteiger partial charge in [-0.2, -0.15) is 0 Å². The topological polar surface area (TPSA) is 29.1 Å². The molecule has 2 nitrogen and oxygen atoms in total. The van der Waals surface area contributed by atoms with Crippen LogP contribution >= 0.6 is 23.2 Å². The molecule has 0 aliphatic heterocycles. The van der Waals surface area contributed by atoms with Gasteiger partial charge in [-0.25, -0.2) is 0 Å². The van der Waals surface area contributed by atoms with Crippen LogP contribution in [0.4, 0.5) is 0 Å². The van der Waals surface area contributed by atoms with Crippen LogP contribution in [0.3, 0.4) is 0 Å². The van der Waals surface area contributed by atoms with E-state index >= 15 is 0 Å². The first-order valence-electron chi connectivity index (χ1n) is 5.59. The molecule has 1 atom stereocenters. The van der Waals surface area contributed by atoms with Crippen molar-refractivity contribution in [1.82, 2.24) is 5.32 Å².